The van der Waals surface area contributed by atoms with Crippen LogP contribution in [0, 0.1) is 0 Å². The van der Waals surface area contributed by atoms with Crippen LogP contribution in [0.5, 0.6) is 11.5 Å². The van der Waals surface area contributed by atoms with Gasteiger partial charge in [0.15, 0.2) is 0 Å². The number of para-hydroxylation sites is 1. The summed E-state index contributed by atoms with van der Waals surface area (Å²) in [6, 6.07) is 22.3. The lowest BCUT2D eigenvalue weighted by molar-refractivity contribution is -0.147. The standard InChI is InChI=1S/C29H31N5O4/c1-37-23-13-9-21(10-14-23)19-33(27(35)20-34-26-8-4-3-7-25(26)31-32-34)29(17-5-6-18-29)28(36)30-22-11-15-24(38-2)16-12-22/h3-4,7-16H,5-6,17-20H2,1-2H3,(H,30,36). The van der Waals surface area contributed by atoms with E-state index >= 15 is 0 Å². The molecule has 4 aromatic rings. The second-order valence-electron chi connectivity index (χ2n) is 9.49. The van der Waals surface area contributed by atoms with Gasteiger partial charge in [-0.15, -0.1) is 5.10 Å². The third kappa shape index (κ3) is 5.04. The van der Waals surface area contributed by atoms with Crippen LogP contribution in [-0.4, -0.2) is 51.5 Å². The van der Waals surface area contributed by atoms with Crippen molar-refractivity contribution in [2.24, 2.45) is 0 Å². The van der Waals surface area contributed by atoms with Crippen molar-refractivity contribution in [3.63, 3.8) is 0 Å². The zero-order valence-corrected chi connectivity index (χ0v) is 21.6. The Balaban J connectivity index is 1.48. The summed E-state index contributed by atoms with van der Waals surface area (Å²) in [5.74, 6) is 1.05. The van der Waals surface area contributed by atoms with Crippen LogP contribution in [0.4, 0.5) is 5.69 Å². The molecular formula is C29H31N5O4. The molecule has 0 bridgehead atoms. The van der Waals surface area contributed by atoms with E-state index in [9.17, 15) is 9.59 Å². The fourth-order valence-corrected chi connectivity index (χ4v) is 5.14. The molecule has 1 fully saturated rings. The number of nitrogens with zero attached hydrogens (tertiary/aromatic N) is 4. The first-order valence-corrected chi connectivity index (χ1v) is 12.7. The van der Waals surface area contributed by atoms with Crippen LogP contribution in [0.2, 0.25) is 0 Å². The minimum absolute atomic E-state index is 0.0196. The van der Waals surface area contributed by atoms with Crippen LogP contribution in [0.25, 0.3) is 11.0 Å². The number of aromatic nitrogens is 3. The molecule has 38 heavy (non-hydrogen) atoms. The van der Waals surface area contributed by atoms with E-state index in [2.05, 4.69) is 15.6 Å². The minimum atomic E-state index is -0.993. The zero-order chi connectivity index (χ0) is 26.5. The van der Waals surface area contributed by atoms with Crippen molar-refractivity contribution in [2.75, 3.05) is 19.5 Å². The van der Waals surface area contributed by atoms with Gasteiger partial charge in [0.1, 0.15) is 29.1 Å². The number of anilines is 1. The average Bonchev–Trinajstić information content (AvgIpc) is 3.61. The largest absolute Gasteiger partial charge is 0.497 e. The van der Waals surface area contributed by atoms with Gasteiger partial charge in [0, 0.05) is 12.2 Å². The first-order chi connectivity index (χ1) is 18.5. The molecule has 9 nitrogen and oxygen atoms in total. The molecule has 1 saturated carbocycles. The maximum Gasteiger partial charge on any atom is 0.250 e. The maximum absolute atomic E-state index is 14.0. The van der Waals surface area contributed by atoms with Crippen LogP contribution in [0.1, 0.15) is 31.2 Å². The predicted octanol–water partition coefficient (Wildman–Crippen LogP) is 4.43. The van der Waals surface area contributed by atoms with Crippen molar-refractivity contribution in [3.05, 3.63) is 78.4 Å². The van der Waals surface area contributed by atoms with Gasteiger partial charge < -0.3 is 19.7 Å². The highest BCUT2D eigenvalue weighted by Crippen LogP contribution is 2.38. The third-order valence-electron chi connectivity index (χ3n) is 7.22. The SMILES string of the molecule is COc1ccc(CN(C(=O)Cn2nnc3ccccc32)C2(C(=O)Nc3ccc(OC)cc3)CCCC2)cc1. The summed E-state index contributed by atoms with van der Waals surface area (Å²) in [6.07, 6.45) is 2.87. The van der Waals surface area contributed by atoms with Gasteiger partial charge in [-0.3, -0.25) is 9.59 Å². The molecule has 0 atom stereocenters. The Hall–Kier alpha value is -4.40. The Morgan fingerprint density at radius 2 is 1.55 bits per heavy atom. The van der Waals surface area contributed by atoms with Gasteiger partial charge in [-0.25, -0.2) is 4.68 Å². The normalized spacial score (nSPS) is 14.3. The summed E-state index contributed by atoms with van der Waals surface area (Å²) in [7, 11) is 3.21. The molecule has 0 spiro atoms. The number of benzene rings is 3. The molecule has 2 amide bonds. The van der Waals surface area contributed by atoms with E-state index < -0.39 is 5.54 Å². The van der Waals surface area contributed by atoms with Crippen molar-refractivity contribution >= 4 is 28.5 Å². The number of carbonyl (C=O) groups is 2. The number of carbonyl (C=O) groups excluding carboxylic acids is 2. The van der Waals surface area contributed by atoms with Gasteiger partial charge in [-0.1, -0.05) is 42.3 Å². The number of ether oxygens (including phenoxy) is 2. The fourth-order valence-electron chi connectivity index (χ4n) is 5.14. The summed E-state index contributed by atoms with van der Waals surface area (Å²) in [4.78, 5) is 29.7. The first-order valence-electron chi connectivity index (χ1n) is 12.7. The molecule has 1 aliphatic rings. The number of hydrogen-bond donors (Lipinski definition) is 1. The van der Waals surface area contributed by atoms with E-state index in [-0.39, 0.29) is 24.9 Å². The summed E-state index contributed by atoms with van der Waals surface area (Å²) in [5.41, 5.74) is 2.06. The molecule has 5 rings (SSSR count). The lowest BCUT2D eigenvalue weighted by Gasteiger charge is -2.40. The van der Waals surface area contributed by atoms with Crippen LogP contribution in [-0.2, 0) is 22.7 Å². The topological polar surface area (TPSA) is 98.6 Å². The van der Waals surface area contributed by atoms with Gasteiger partial charge in [0.05, 0.1) is 19.7 Å². The molecule has 0 saturated heterocycles. The average molecular weight is 514 g/mol. The van der Waals surface area contributed by atoms with Crippen LogP contribution < -0.4 is 14.8 Å². The summed E-state index contributed by atoms with van der Waals surface area (Å²) < 4.78 is 12.1. The Morgan fingerprint density at radius 1 is 0.921 bits per heavy atom. The lowest BCUT2D eigenvalue weighted by Crippen LogP contribution is -2.57. The monoisotopic (exact) mass is 513 g/mol. The van der Waals surface area contributed by atoms with Crippen LogP contribution >= 0.6 is 0 Å². The van der Waals surface area contributed by atoms with Crippen molar-refractivity contribution in [1.29, 1.82) is 0 Å². The van der Waals surface area contributed by atoms with E-state index in [1.165, 1.54) is 0 Å². The van der Waals surface area contributed by atoms with E-state index in [1.807, 2.05) is 48.5 Å². The summed E-state index contributed by atoms with van der Waals surface area (Å²) in [6.45, 7) is 0.264. The van der Waals surface area contributed by atoms with E-state index in [4.69, 9.17) is 9.47 Å². The van der Waals surface area contributed by atoms with Crippen molar-refractivity contribution in [3.8, 4) is 11.5 Å². The van der Waals surface area contributed by atoms with Crippen molar-refractivity contribution in [1.82, 2.24) is 19.9 Å². The summed E-state index contributed by atoms with van der Waals surface area (Å²) in [5, 5.41) is 11.5. The summed E-state index contributed by atoms with van der Waals surface area (Å²) >= 11 is 0. The number of hydrogen-bond acceptors (Lipinski definition) is 6. The molecule has 196 valence electrons. The molecule has 3 aromatic carbocycles. The minimum Gasteiger partial charge on any atom is -0.497 e. The van der Waals surface area contributed by atoms with Crippen molar-refractivity contribution < 1.29 is 19.1 Å². The Bertz CT molecular complexity index is 1410. The molecule has 0 aliphatic heterocycles. The fraction of sp³-hybridized carbons (Fsp3) is 0.310. The van der Waals surface area contributed by atoms with E-state index in [0.29, 0.717) is 24.3 Å². The van der Waals surface area contributed by atoms with Gasteiger partial charge in [-0.2, -0.15) is 0 Å². The molecule has 1 N–H and O–H groups in total. The number of methoxy groups -OCH3 is 2. The molecule has 1 aliphatic carbocycles. The van der Waals surface area contributed by atoms with Crippen LogP contribution in [0.15, 0.2) is 72.8 Å². The molecule has 0 unspecified atom stereocenters. The Labute approximate surface area is 221 Å². The van der Waals surface area contributed by atoms with E-state index in [0.717, 1.165) is 35.2 Å². The van der Waals surface area contributed by atoms with Gasteiger partial charge in [0.2, 0.25) is 11.8 Å². The molecule has 9 heteroatoms. The number of fused-ring (bicyclic) bond motifs is 1. The Kier molecular flexibility index (Phi) is 7.26. The van der Waals surface area contributed by atoms with Crippen LogP contribution in [0.3, 0.4) is 0 Å². The first kappa shape index (κ1) is 25.3. The smallest absolute Gasteiger partial charge is 0.250 e. The third-order valence-corrected chi connectivity index (χ3v) is 7.22. The number of rotatable bonds is 9. The highest BCUT2D eigenvalue weighted by atomic mass is 16.5. The number of nitrogens with one attached hydrogen (secondary N) is 1. The molecule has 0 radical (unpaired) electrons. The van der Waals surface area contributed by atoms with Crippen molar-refractivity contribution in [2.45, 2.75) is 44.3 Å². The van der Waals surface area contributed by atoms with E-state index in [1.54, 1.807) is 48.1 Å². The second kappa shape index (κ2) is 10.9. The molecular weight excluding hydrogens is 482 g/mol. The van der Waals surface area contributed by atoms with Gasteiger partial charge in [0.25, 0.3) is 0 Å². The van der Waals surface area contributed by atoms with Gasteiger partial charge in [-0.05, 0) is 66.9 Å². The Morgan fingerprint density at radius 3 is 2.21 bits per heavy atom. The second-order valence-corrected chi connectivity index (χ2v) is 9.49. The molecule has 1 aromatic heterocycles. The zero-order valence-electron chi connectivity index (χ0n) is 21.6. The highest BCUT2D eigenvalue weighted by Gasteiger charge is 2.48. The number of amides is 2. The quantitative estimate of drug-likeness (QED) is 0.356. The maximum atomic E-state index is 14.0. The highest BCUT2D eigenvalue weighted by molar-refractivity contribution is 6.01. The predicted molar refractivity (Wildman–Crippen MR) is 144 cm³/mol. The molecule has 1 heterocycles. The van der Waals surface area contributed by atoms with Gasteiger partial charge >= 0.3 is 0 Å². The lowest BCUT2D eigenvalue weighted by atomic mass is 9.92.